The lowest BCUT2D eigenvalue weighted by Crippen LogP contribution is -2.32. The molecule has 1 saturated heterocycles. The number of carbonyl (C=O) groups excluding carboxylic acids is 1. The van der Waals surface area contributed by atoms with Crippen LogP contribution in [-0.2, 0) is 4.79 Å². The van der Waals surface area contributed by atoms with E-state index in [1.54, 1.807) is 0 Å². The quantitative estimate of drug-likeness (QED) is 0.784. The van der Waals surface area contributed by atoms with Gasteiger partial charge in [-0.3, -0.25) is 4.79 Å². The molecule has 0 saturated carbocycles. The number of hydrogen-bond donors (Lipinski definition) is 1. The molecule has 1 aromatic carbocycles. The number of nitrogens with zero attached hydrogens (tertiary/aromatic N) is 3. The molecule has 2 aliphatic rings. The third-order valence-electron chi connectivity index (χ3n) is 4.46. The zero-order valence-electron chi connectivity index (χ0n) is 14.4. The van der Waals surface area contributed by atoms with Crippen molar-refractivity contribution >= 4 is 34.1 Å². The maximum atomic E-state index is 12.8. The van der Waals surface area contributed by atoms with E-state index in [0.717, 1.165) is 45.9 Å². The molecule has 1 atom stereocenters. The average molecular weight is 393 g/mol. The number of anilines is 1. The van der Waals surface area contributed by atoms with Crippen LogP contribution in [0.25, 0.3) is 0 Å². The van der Waals surface area contributed by atoms with E-state index < -0.39 is 0 Å². The van der Waals surface area contributed by atoms with E-state index in [2.05, 4.69) is 15.5 Å². The topological polar surface area (TPSA) is 76.6 Å². The van der Waals surface area contributed by atoms with Crippen LogP contribution in [0.1, 0.15) is 24.4 Å². The van der Waals surface area contributed by atoms with Gasteiger partial charge < -0.3 is 19.7 Å². The summed E-state index contributed by atoms with van der Waals surface area (Å²) in [5, 5.41) is 11.8. The first kappa shape index (κ1) is 17.4. The number of nitrogens with one attached hydrogen (secondary N) is 1. The number of benzene rings is 1. The molecular formula is C17H20N4O3S2. The highest BCUT2D eigenvalue weighted by Gasteiger charge is 2.31. The molecule has 1 amide bonds. The van der Waals surface area contributed by atoms with Crippen molar-refractivity contribution in [3.63, 3.8) is 0 Å². The van der Waals surface area contributed by atoms with E-state index in [1.807, 2.05) is 30.1 Å². The van der Waals surface area contributed by atoms with Crippen LogP contribution in [0.5, 0.6) is 11.5 Å². The van der Waals surface area contributed by atoms with Gasteiger partial charge in [-0.05, 0) is 30.5 Å². The van der Waals surface area contributed by atoms with Gasteiger partial charge in [-0.25, -0.2) is 0 Å². The van der Waals surface area contributed by atoms with Gasteiger partial charge in [0.1, 0.15) is 13.2 Å². The number of ether oxygens (including phenoxy) is 2. The standard InChI is InChI=1S/C17H20N4O3S2/c1-18-16-19-20-17(26-16)25-10-15(22)21-6-2-3-12(21)11-4-5-13-14(9-11)24-8-7-23-13/h4-5,9,12H,2-3,6-8,10H2,1H3,(H,18,19)/t12-/m1/s1. The number of thioether (sulfide) groups is 1. The van der Waals surface area contributed by atoms with E-state index in [0.29, 0.717) is 19.0 Å². The summed E-state index contributed by atoms with van der Waals surface area (Å²) >= 11 is 2.90. The average Bonchev–Trinajstić information content (AvgIpc) is 3.35. The van der Waals surface area contributed by atoms with E-state index in [4.69, 9.17) is 9.47 Å². The number of aromatic nitrogens is 2. The monoisotopic (exact) mass is 392 g/mol. The molecule has 1 fully saturated rings. The van der Waals surface area contributed by atoms with Crippen LogP contribution in [0.15, 0.2) is 22.5 Å². The second-order valence-electron chi connectivity index (χ2n) is 6.06. The molecule has 1 aromatic heterocycles. The highest BCUT2D eigenvalue weighted by atomic mass is 32.2. The van der Waals surface area contributed by atoms with Gasteiger partial charge in [0.25, 0.3) is 0 Å². The van der Waals surface area contributed by atoms with Gasteiger partial charge in [-0.15, -0.1) is 10.2 Å². The van der Waals surface area contributed by atoms with Crippen molar-refractivity contribution in [2.24, 2.45) is 0 Å². The molecule has 26 heavy (non-hydrogen) atoms. The first-order valence-electron chi connectivity index (χ1n) is 8.57. The lowest BCUT2D eigenvalue weighted by atomic mass is 10.0. The molecule has 0 unspecified atom stereocenters. The molecule has 0 spiro atoms. The molecule has 2 aromatic rings. The second-order valence-corrected chi connectivity index (χ2v) is 8.26. The fourth-order valence-electron chi connectivity index (χ4n) is 3.25. The predicted octanol–water partition coefficient (Wildman–Crippen LogP) is 2.81. The van der Waals surface area contributed by atoms with Gasteiger partial charge in [0.2, 0.25) is 11.0 Å². The molecule has 1 N–H and O–H groups in total. The molecular weight excluding hydrogens is 372 g/mol. The summed E-state index contributed by atoms with van der Waals surface area (Å²) in [6.45, 7) is 1.94. The Bertz CT molecular complexity index is 798. The molecule has 9 heteroatoms. The van der Waals surface area contributed by atoms with Crippen molar-refractivity contribution < 1.29 is 14.3 Å². The maximum Gasteiger partial charge on any atom is 0.233 e. The first-order valence-corrected chi connectivity index (χ1v) is 10.4. The minimum Gasteiger partial charge on any atom is -0.486 e. The lowest BCUT2D eigenvalue weighted by Gasteiger charge is -2.26. The fourth-order valence-corrected chi connectivity index (χ4v) is 4.85. The minimum atomic E-state index is 0.0983. The normalized spacial score (nSPS) is 18.8. The molecule has 138 valence electrons. The van der Waals surface area contributed by atoms with Crippen LogP contribution < -0.4 is 14.8 Å². The third kappa shape index (κ3) is 3.59. The molecule has 0 bridgehead atoms. The Morgan fingerprint density at radius 2 is 2.19 bits per heavy atom. The largest absolute Gasteiger partial charge is 0.486 e. The lowest BCUT2D eigenvalue weighted by molar-refractivity contribution is -0.129. The number of likely N-dealkylation sites (tertiary alicyclic amines) is 1. The molecule has 0 radical (unpaired) electrons. The van der Waals surface area contributed by atoms with Crippen molar-refractivity contribution in [3.8, 4) is 11.5 Å². The molecule has 3 heterocycles. The Labute approximate surface area is 160 Å². The Morgan fingerprint density at radius 3 is 3.00 bits per heavy atom. The molecule has 7 nitrogen and oxygen atoms in total. The van der Waals surface area contributed by atoms with Crippen LogP contribution in [0.3, 0.4) is 0 Å². The first-order chi connectivity index (χ1) is 12.7. The van der Waals surface area contributed by atoms with Crippen LogP contribution in [0.2, 0.25) is 0 Å². The van der Waals surface area contributed by atoms with Crippen molar-refractivity contribution in [1.82, 2.24) is 15.1 Å². The summed E-state index contributed by atoms with van der Waals surface area (Å²) in [7, 11) is 1.81. The Hall–Kier alpha value is -2.00. The van der Waals surface area contributed by atoms with Gasteiger partial charge in [-0.1, -0.05) is 29.2 Å². The van der Waals surface area contributed by atoms with Gasteiger partial charge in [0.15, 0.2) is 15.8 Å². The fraction of sp³-hybridized carbons (Fsp3) is 0.471. The van der Waals surface area contributed by atoms with E-state index >= 15 is 0 Å². The van der Waals surface area contributed by atoms with Crippen LogP contribution in [0.4, 0.5) is 5.13 Å². The zero-order valence-corrected chi connectivity index (χ0v) is 16.1. The third-order valence-corrected chi connectivity index (χ3v) is 6.52. The van der Waals surface area contributed by atoms with E-state index in [-0.39, 0.29) is 11.9 Å². The highest BCUT2D eigenvalue weighted by Crippen LogP contribution is 2.38. The van der Waals surface area contributed by atoms with Crippen molar-refractivity contribution in [1.29, 1.82) is 0 Å². The molecule has 4 rings (SSSR count). The van der Waals surface area contributed by atoms with Gasteiger partial charge in [0.05, 0.1) is 11.8 Å². The number of fused-ring (bicyclic) bond motifs is 1. The highest BCUT2D eigenvalue weighted by molar-refractivity contribution is 8.01. The summed E-state index contributed by atoms with van der Waals surface area (Å²) in [6.07, 6.45) is 1.98. The second kappa shape index (κ2) is 7.71. The smallest absolute Gasteiger partial charge is 0.233 e. The van der Waals surface area contributed by atoms with Crippen LogP contribution in [0, 0.1) is 0 Å². The number of rotatable bonds is 5. The van der Waals surface area contributed by atoms with Crippen molar-refractivity contribution in [3.05, 3.63) is 23.8 Å². The Balaban J connectivity index is 1.43. The zero-order chi connectivity index (χ0) is 17.9. The number of carbonyl (C=O) groups is 1. The van der Waals surface area contributed by atoms with Gasteiger partial charge in [-0.2, -0.15) is 0 Å². The minimum absolute atomic E-state index is 0.0983. The molecule has 2 aliphatic heterocycles. The van der Waals surface area contributed by atoms with Gasteiger partial charge >= 0.3 is 0 Å². The maximum absolute atomic E-state index is 12.8. The predicted molar refractivity (Wildman–Crippen MR) is 101 cm³/mol. The summed E-state index contributed by atoms with van der Waals surface area (Å²) in [4.78, 5) is 14.7. The summed E-state index contributed by atoms with van der Waals surface area (Å²) in [5.74, 6) is 2.06. The van der Waals surface area contributed by atoms with Crippen molar-refractivity contribution in [2.75, 3.05) is 37.9 Å². The van der Waals surface area contributed by atoms with E-state index in [1.165, 1.54) is 23.1 Å². The van der Waals surface area contributed by atoms with Gasteiger partial charge in [0, 0.05) is 13.6 Å². The summed E-state index contributed by atoms with van der Waals surface area (Å²) in [6, 6.07) is 6.10. The Morgan fingerprint density at radius 1 is 1.35 bits per heavy atom. The van der Waals surface area contributed by atoms with E-state index in [9.17, 15) is 4.79 Å². The number of amides is 1. The summed E-state index contributed by atoms with van der Waals surface area (Å²) in [5.41, 5.74) is 1.11. The number of hydrogen-bond acceptors (Lipinski definition) is 8. The SMILES string of the molecule is CNc1nnc(SCC(=O)N2CCC[C@@H]2c2ccc3c(c2)OCCO3)s1. The van der Waals surface area contributed by atoms with Crippen molar-refractivity contribution in [2.45, 2.75) is 23.2 Å². The van der Waals surface area contributed by atoms with Crippen LogP contribution >= 0.6 is 23.1 Å². The van der Waals surface area contributed by atoms with Crippen LogP contribution in [-0.4, -0.2) is 53.6 Å². The molecule has 0 aliphatic carbocycles. The Kier molecular flexibility index (Phi) is 5.16. The summed E-state index contributed by atoms with van der Waals surface area (Å²) < 4.78 is 12.1.